The van der Waals surface area contributed by atoms with E-state index in [4.69, 9.17) is 5.11 Å². The fourth-order valence-electron chi connectivity index (χ4n) is 2.06. The first-order chi connectivity index (χ1) is 8.43. The molecule has 0 radical (unpaired) electrons. The van der Waals surface area contributed by atoms with Gasteiger partial charge in [0.15, 0.2) is 5.13 Å². The average Bonchev–Trinajstić information content (AvgIpc) is 2.71. The van der Waals surface area contributed by atoms with E-state index in [9.17, 15) is 4.79 Å². The quantitative estimate of drug-likeness (QED) is 0.926. The van der Waals surface area contributed by atoms with E-state index in [2.05, 4.69) is 23.7 Å². The van der Waals surface area contributed by atoms with E-state index >= 15 is 0 Å². The van der Waals surface area contributed by atoms with Crippen molar-refractivity contribution in [3.63, 3.8) is 0 Å². The lowest BCUT2D eigenvalue weighted by molar-refractivity contribution is 0.0701. The molecule has 0 aliphatic carbocycles. The van der Waals surface area contributed by atoms with Crippen molar-refractivity contribution in [2.45, 2.75) is 31.9 Å². The van der Waals surface area contributed by atoms with E-state index in [0.717, 1.165) is 24.0 Å². The summed E-state index contributed by atoms with van der Waals surface area (Å²) in [6, 6.07) is 0. The Morgan fingerprint density at radius 1 is 1.56 bits per heavy atom. The van der Waals surface area contributed by atoms with Crippen LogP contribution in [-0.4, -0.2) is 39.6 Å². The molecular formula is C12H18N2O2S2. The minimum Gasteiger partial charge on any atom is -0.477 e. The van der Waals surface area contributed by atoms with Crippen molar-refractivity contribution in [2.75, 3.05) is 23.7 Å². The lowest BCUT2D eigenvalue weighted by Gasteiger charge is -2.37. The highest BCUT2D eigenvalue weighted by Gasteiger charge is 2.29. The fourth-order valence-corrected chi connectivity index (χ4v) is 4.19. The van der Waals surface area contributed by atoms with Gasteiger partial charge in [0, 0.05) is 23.6 Å². The summed E-state index contributed by atoms with van der Waals surface area (Å²) in [7, 11) is 0. The Balaban J connectivity index is 2.25. The molecule has 0 aromatic carbocycles. The fraction of sp³-hybridized carbons (Fsp3) is 0.667. The van der Waals surface area contributed by atoms with Gasteiger partial charge in [0.1, 0.15) is 4.88 Å². The molecule has 1 saturated heterocycles. The van der Waals surface area contributed by atoms with Crippen LogP contribution in [0.2, 0.25) is 0 Å². The largest absolute Gasteiger partial charge is 0.477 e. The number of carboxylic acids is 1. The Hall–Kier alpha value is -0.750. The zero-order chi connectivity index (χ0) is 13.3. The number of hydrogen-bond donors (Lipinski definition) is 1. The third kappa shape index (κ3) is 2.80. The maximum atomic E-state index is 11.2. The second-order valence-corrected chi connectivity index (χ2v) is 7.74. The van der Waals surface area contributed by atoms with Crippen LogP contribution in [0.1, 0.15) is 36.1 Å². The highest BCUT2D eigenvalue weighted by atomic mass is 32.2. The number of aromatic nitrogens is 1. The second-order valence-electron chi connectivity index (χ2n) is 4.96. The molecular weight excluding hydrogens is 268 g/mol. The molecule has 2 heterocycles. The van der Waals surface area contributed by atoms with Crippen molar-refractivity contribution in [1.29, 1.82) is 0 Å². The van der Waals surface area contributed by atoms with E-state index in [0.29, 0.717) is 17.0 Å². The molecule has 0 bridgehead atoms. The summed E-state index contributed by atoms with van der Waals surface area (Å²) in [6.07, 6.45) is 0.671. The van der Waals surface area contributed by atoms with Gasteiger partial charge in [-0.1, -0.05) is 18.3 Å². The van der Waals surface area contributed by atoms with Gasteiger partial charge in [-0.15, -0.1) is 0 Å². The maximum Gasteiger partial charge on any atom is 0.347 e. The van der Waals surface area contributed by atoms with Gasteiger partial charge >= 0.3 is 5.97 Å². The number of thiazole rings is 1. The predicted molar refractivity (Wildman–Crippen MR) is 77.2 cm³/mol. The van der Waals surface area contributed by atoms with Gasteiger partial charge in [-0.05, 0) is 20.3 Å². The second kappa shape index (κ2) is 5.09. The van der Waals surface area contributed by atoms with Crippen molar-refractivity contribution < 1.29 is 9.90 Å². The Morgan fingerprint density at radius 3 is 2.78 bits per heavy atom. The first-order valence-corrected chi connectivity index (χ1v) is 7.85. The standard InChI is InChI=1S/C12H18N2O2S2/c1-4-8-9(10(15)16)18-11(13-8)14-5-6-17-12(2,3)7-14/h4-7H2,1-3H3,(H,15,16). The summed E-state index contributed by atoms with van der Waals surface area (Å²) < 4.78 is 0.208. The molecule has 6 heteroatoms. The zero-order valence-electron chi connectivity index (χ0n) is 10.9. The first kappa shape index (κ1) is 13.7. The first-order valence-electron chi connectivity index (χ1n) is 6.05. The summed E-state index contributed by atoms with van der Waals surface area (Å²) in [5.74, 6) is 0.206. The third-order valence-corrected chi connectivity index (χ3v) is 5.36. The van der Waals surface area contributed by atoms with Crippen LogP contribution in [0.15, 0.2) is 0 Å². The molecule has 1 aromatic heterocycles. The summed E-state index contributed by atoms with van der Waals surface area (Å²) >= 11 is 3.27. The predicted octanol–water partition coefficient (Wildman–Crippen LogP) is 2.74. The van der Waals surface area contributed by atoms with E-state index < -0.39 is 5.97 Å². The number of aryl methyl sites for hydroxylation is 1. The molecule has 4 nitrogen and oxygen atoms in total. The lowest BCUT2D eigenvalue weighted by Crippen LogP contribution is -2.43. The number of rotatable bonds is 3. The number of aromatic carboxylic acids is 1. The van der Waals surface area contributed by atoms with E-state index in [1.54, 1.807) is 0 Å². The molecule has 100 valence electrons. The summed E-state index contributed by atoms with van der Waals surface area (Å²) in [5, 5.41) is 10.0. The van der Waals surface area contributed by atoms with Gasteiger partial charge in [-0.2, -0.15) is 11.8 Å². The SMILES string of the molecule is CCc1nc(N2CCSC(C)(C)C2)sc1C(=O)O. The Bertz CT molecular complexity index is 457. The minimum atomic E-state index is -0.860. The van der Waals surface area contributed by atoms with Crippen LogP contribution >= 0.6 is 23.1 Å². The number of thioether (sulfide) groups is 1. The minimum absolute atomic E-state index is 0.208. The summed E-state index contributed by atoms with van der Waals surface area (Å²) in [6.45, 7) is 8.25. The Labute approximate surface area is 115 Å². The number of carboxylic acid groups (broad SMARTS) is 1. The third-order valence-electron chi connectivity index (χ3n) is 2.91. The van der Waals surface area contributed by atoms with Gasteiger partial charge in [0.25, 0.3) is 0 Å². The molecule has 0 spiro atoms. The lowest BCUT2D eigenvalue weighted by atomic mass is 10.2. The molecule has 1 N–H and O–H groups in total. The van der Waals surface area contributed by atoms with Crippen molar-refractivity contribution in [2.24, 2.45) is 0 Å². The number of nitrogens with zero attached hydrogens (tertiary/aromatic N) is 2. The summed E-state index contributed by atoms with van der Waals surface area (Å²) in [4.78, 5) is 18.3. The molecule has 18 heavy (non-hydrogen) atoms. The zero-order valence-corrected chi connectivity index (χ0v) is 12.5. The molecule has 1 fully saturated rings. The maximum absolute atomic E-state index is 11.2. The van der Waals surface area contributed by atoms with Crippen LogP contribution < -0.4 is 4.90 Å². The molecule has 0 amide bonds. The highest BCUT2D eigenvalue weighted by Crippen LogP contribution is 2.35. The van der Waals surface area contributed by atoms with Crippen LogP contribution in [0.25, 0.3) is 0 Å². The van der Waals surface area contributed by atoms with Crippen LogP contribution in [0.4, 0.5) is 5.13 Å². The number of carbonyl (C=O) groups is 1. The van der Waals surface area contributed by atoms with Gasteiger partial charge in [-0.3, -0.25) is 0 Å². The molecule has 1 aliphatic heterocycles. The number of anilines is 1. The van der Waals surface area contributed by atoms with Crippen molar-refractivity contribution in [3.8, 4) is 0 Å². The highest BCUT2D eigenvalue weighted by molar-refractivity contribution is 8.00. The van der Waals surface area contributed by atoms with E-state index in [1.807, 2.05) is 18.7 Å². The van der Waals surface area contributed by atoms with Crippen LogP contribution in [0, 0.1) is 0 Å². The molecule has 2 rings (SSSR count). The Morgan fingerprint density at radius 2 is 2.28 bits per heavy atom. The molecule has 0 unspecified atom stereocenters. The van der Waals surface area contributed by atoms with Gasteiger partial charge in [0.05, 0.1) is 5.69 Å². The molecule has 0 atom stereocenters. The van der Waals surface area contributed by atoms with E-state index in [1.165, 1.54) is 11.3 Å². The summed E-state index contributed by atoms with van der Waals surface area (Å²) in [5.41, 5.74) is 0.707. The number of hydrogen-bond acceptors (Lipinski definition) is 5. The van der Waals surface area contributed by atoms with Crippen LogP contribution in [0.5, 0.6) is 0 Å². The van der Waals surface area contributed by atoms with E-state index in [-0.39, 0.29) is 4.75 Å². The van der Waals surface area contributed by atoms with Crippen molar-refractivity contribution in [1.82, 2.24) is 4.98 Å². The van der Waals surface area contributed by atoms with Crippen LogP contribution in [-0.2, 0) is 6.42 Å². The van der Waals surface area contributed by atoms with Gasteiger partial charge in [-0.25, -0.2) is 9.78 Å². The molecule has 1 aliphatic rings. The van der Waals surface area contributed by atoms with Gasteiger partial charge in [0.2, 0.25) is 0 Å². The van der Waals surface area contributed by atoms with Crippen LogP contribution in [0.3, 0.4) is 0 Å². The smallest absolute Gasteiger partial charge is 0.347 e. The topological polar surface area (TPSA) is 53.4 Å². The van der Waals surface area contributed by atoms with Crippen molar-refractivity contribution >= 4 is 34.2 Å². The normalized spacial score (nSPS) is 18.9. The molecule has 1 aromatic rings. The molecule has 0 saturated carbocycles. The van der Waals surface area contributed by atoms with Gasteiger partial charge < -0.3 is 10.0 Å². The Kier molecular flexibility index (Phi) is 3.87. The van der Waals surface area contributed by atoms with Crippen molar-refractivity contribution in [3.05, 3.63) is 10.6 Å². The monoisotopic (exact) mass is 286 g/mol. The average molecular weight is 286 g/mol.